The van der Waals surface area contributed by atoms with E-state index in [0.717, 1.165) is 0 Å². The number of hydrogen-bond acceptors (Lipinski definition) is 3. The van der Waals surface area contributed by atoms with Crippen LogP contribution in [-0.2, 0) is 6.42 Å². The van der Waals surface area contributed by atoms with Gasteiger partial charge in [0.1, 0.15) is 11.0 Å². The van der Waals surface area contributed by atoms with Crippen LogP contribution in [0.2, 0.25) is 5.15 Å². The van der Waals surface area contributed by atoms with E-state index in [-0.39, 0.29) is 0 Å². The minimum absolute atomic E-state index is 0.365. The van der Waals surface area contributed by atoms with E-state index < -0.39 is 5.60 Å². The first kappa shape index (κ1) is 11.8. The lowest BCUT2D eigenvalue weighted by atomic mass is 10.1. The summed E-state index contributed by atoms with van der Waals surface area (Å²) in [5.41, 5.74) is -0.692. The van der Waals surface area contributed by atoms with Crippen LogP contribution >= 0.6 is 11.6 Å². The molecule has 0 spiro atoms. The summed E-state index contributed by atoms with van der Waals surface area (Å²) < 4.78 is 5.50. The number of rotatable bonds is 3. The highest BCUT2D eigenvalue weighted by Crippen LogP contribution is 2.18. The van der Waals surface area contributed by atoms with E-state index in [9.17, 15) is 0 Å². The smallest absolute Gasteiger partial charge is 0.219 e. The number of nitrogens with zero attached hydrogens (tertiary/aromatic N) is 2. The third-order valence-electron chi connectivity index (χ3n) is 1.74. The molecule has 0 N–H and O–H groups in total. The van der Waals surface area contributed by atoms with Gasteiger partial charge in [0.15, 0.2) is 5.60 Å². The van der Waals surface area contributed by atoms with Crippen LogP contribution in [0.1, 0.15) is 26.6 Å². The van der Waals surface area contributed by atoms with Gasteiger partial charge in [-0.3, -0.25) is 0 Å². The fourth-order valence-corrected chi connectivity index (χ4v) is 1.13. The number of aromatic nitrogens is 2. The van der Waals surface area contributed by atoms with Crippen molar-refractivity contribution in [1.82, 2.24) is 9.97 Å². The molecule has 4 heteroatoms. The second-order valence-corrected chi connectivity index (χ2v) is 3.94. The van der Waals surface area contributed by atoms with Gasteiger partial charge in [-0.1, -0.05) is 24.4 Å². The van der Waals surface area contributed by atoms with Crippen LogP contribution in [0.4, 0.5) is 0 Å². The van der Waals surface area contributed by atoms with Gasteiger partial charge in [0.05, 0.1) is 0 Å². The molecule has 1 heterocycles. The van der Waals surface area contributed by atoms with Crippen LogP contribution in [-0.4, -0.2) is 15.6 Å². The third kappa shape index (κ3) is 3.41. The Morgan fingerprint density at radius 2 is 2.20 bits per heavy atom. The average molecular weight is 225 g/mol. The molecule has 0 saturated heterocycles. The summed E-state index contributed by atoms with van der Waals surface area (Å²) in [7, 11) is 0. The summed E-state index contributed by atoms with van der Waals surface area (Å²) >= 11 is 5.82. The van der Waals surface area contributed by atoms with Gasteiger partial charge in [-0.2, -0.15) is 4.98 Å². The standard InChI is InChI=1S/C11H13ClN2O/c1-5-9-13-8(12)7-10(14-9)15-11(3,4)6-2/h2,7H,5H2,1,3-4H3. The number of terminal acetylenes is 1. The summed E-state index contributed by atoms with van der Waals surface area (Å²) in [5.74, 6) is 3.58. The molecule has 1 aromatic heterocycles. The molecule has 15 heavy (non-hydrogen) atoms. The molecule has 0 saturated carbocycles. The molecule has 1 rings (SSSR count). The zero-order chi connectivity index (χ0) is 11.5. The molecular weight excluding hydrogens is 212 g/mol. The summed E-state index contributed by atoms with van der Waals surface area (Å²) in [4.78, 5) is 8.20. The van der Waals surface area contributed by atoms with Crippen LogP contribution in [0.5, 0.6) is 5.88 Å². The first-order valence-electron chi connectivity index (χ1n) is 4.67. The van der Waals surface area contributed by atoms with Gasteiger partial charge >= 0.3 is 0 Å². The van der Waals surface area contributed by atoms with Crippen molar-refractivity contribution in [3.63, 3.8) is 0 Å². The minimum Gasteiger partial charge on any atom is -0.458 e. The molecule has 0 aromatic carbocycles. The minimum atomic E-state index is -0.692. The average Bonchev–Trinajstić information content (AvgIpc) is 2.16. The van der Waals surface area contributed by atoms with Gasteiger partial charge in [0, 0.05) is 12.5 Å². The van der Waals surface area contributed by atoms with Crippen LogP contribution in [0.15, 0.2) is 6.07 Å². The van der Waals surface area contributed by atoms with Crippen LogP contribution < -0.4 is 4.74 Å². The Kier molecular flexibility index (Phi) is 3.54. The molecular formula is C11H13ClN2O. The molecule has 0 unspecified atom stereocenters. The zero-order valence-electron chi connectivity index (χ0n) is 9.04. The topological polar surface area (TPSA) is 35.0 Å². The molecule has 0 aliphatic heterocycles. The van der Waals surface area contributed by atoms with Crippen molar-refractivity contribution in [1.29, 1.82) is 0 Å². The van der Waals surface area contributed by atoms with Gasteiger partial charge < -0.3 is 4.74 Å². The van der Waals surface area contributed by atoms with Gasteiger partial charge in [-0.15, -0.1) is 6.42 Å². The van der Waals surface area contributed by atoms with E-state index in [0.29, 0.717) is 23.3 Å². The second-order valence-electron chi connectivity index (χ2n) is 3.56. The molecule has 0 amide bonds. The van der Waals surface area contributed by atoms with Crippen molar-refractivity contribution < 1.29 is 4.74 Å². The Balaban J connectivity index is 2.96. The predicted octanol–water partition coefficient (Wildman–Crippen LogP) is 2.48. The van der Waals surface area contributed by atoms with Crippen molar-refractivity contribution in [2.24, 2.45) is 0 Å². The maximum absolute atomic E-state index is 5.82. The molecule has 80 valence electrons. The fraction of sp³-hybridized carbons (Fsp3) is 0.455. The normalized spacial score (nSPS) is 10.9. The van der Waals surface area contributed by atoms with Crippen molar-refractivity contribution in [3.8, 4) is 18.2 Å². The summed E-state index contributed by atoms with van der Waals surface area (Å²) in [6.45, 7) is 5.52. The van der Waals surface area contributed by atoms with Crippen molar-refractivity contribution in [3.05, 3.63) is 17.0 Å². The Bertz CT molecular complexity index is 396. The SMILES string of the molecule is C#CC(C)(C)Oc1cc(Cl)nc(CC)n1. The highest BCUT2D eigenvalue weighted by atomic mass is 35.5. The first-order valence-corrected chi connectivity index (χ1v) is 5.05. The monoisotopic (exact) mass is 224 g/mol. The number of hydrogen-bond donors (Lipinski definition) is 0. The molecule has 3 nitrogen and oxygen atoms in total. The summed E-state index contributed by atoms with van der Waals surface area (Å²) in [6.07, 6.45) is 6.01. The number of ether oxygens (including phenoxy) is 1. The van der Waals surface area contributed by atoms with Gasteiger partial charge in [-0.25, -0.2) is 4.98 Å². The zero-order valence-corrected chi connectivity index (χ0v) is 9.80. The van der Waals surface area contributed by atoms with E-state index in [1.165, 1.54) is 0 Å². The van der Waals surface area contributed by atoms with Crippen molar-refractivity contribution in [2.45, 2.75) is 32.8 Å². The van der Waals surface area contributed by atoms with Crippen LogP contribution in [0, 0.1) is 12.3 Å². The van der Waals surface area contributed by atoms with Gasteiger partial charge in [0.25, 0.3) is 0 Å². The molecule has 0 bridgehead atoms. The highest BCUT2D eigenvalue weighted by Gasteiger charge is 2.17. The van der Waals surface area contributed by atoms with E-state index in [4.69, 9.17) is 22.8 Å². The molecule has 0 fully saturated rings. The quantitative estimate of drug-likeness (QED) is 0.585. The Labute approximate surface area is 94.8 Å². The number of aryl methyl sites for hydroxylation is 1. The summed E-state index contributed by atoms with van der Waals surface area (Å²) in [6, 6.07) is 1.56. The highest BCUT2D eigenvalue weighted by molar-refractivity contribution is 6.29. The van der Waals surface area contributed by atoms with Crippen LogP contribution in [0.25, 0.3) is 0 Å². The fourth-order valence-electron chi connectivity index (χ4n) is 0.943. The maximum atomic E-state index is 5.82. The lowest BCUT2D eigenvalue weighted by molar-refractivity contribution is 0.164. The van der Waals surface area contributed by atoms with E-state index >= 15 is 0 Å². The third-order valence-corrected chi connectivity index (χ3v) is 1.93. The molecule has 0 aliphatic rings. The molecule has 0 radical (unpaired) electrons. The van der Waals surface area contributed by atoms with Gasteiger partial charge in [-0.05, 0) is 13.8 Å². The largest absolute Gasteiger partial charge is 0.458 e. The van der Waals surface area contributed by atoms with E-state index in [1.54, 1.807) is 19.9 Å². The molecule has 0 atom stereocenters. The Morgan fingerprint density at radius 3 is 2.73 bits per heavy atom. The van der Waals surface area contributed by atoms with Crippen molar-refractivity contribution >= 4 is 11.6 Å². The van der Waals surface area contributed by atoms with E-state index in [2.05, 4.69) is 15.9 Å². The molecule has 1 aromatic rings. The Hall–Kier alpha value is -1.27. The lowest BCUT2D eigenvalue weighted by Crippen LogP contribution is -2.26. The maximum Gasteiger partial charge on any atom is 0.219 e. The lowest BCUT2D eigenvalue weighted by Gasteiger charge is -2.19. The Morgan fingerprint density at radius 1 is 1.53 bits per heavy atom. The van der Waals surface area contributed by atoms with Crippen LogP contribution in [0.3, 0.4) is 0 Å². The second kappa shape index (κ2) is 4.50. The van der Waals surface area contributed by atoms with E-state index in [1.807, 2.05) is 6.92 Å². The van der Waals surface area contributed by atoms with Gasteiger partial charge in [0.2, 0.25) is 5.88 Å². The predicted molar refractivity (Wildman–Crippen MR) is 60.0 cm³/mol. The first-order chi connectivity index (χ1) is 6.96. The number of halogens is 1. The molecule has 0 aliphatic carbocycles. The summed E-state index contributed by atoms with van der Waals surface area (Å²) in [5, 5.41) is 0.365. The van der Waals surface area contributed by atoms with Crippen molar-refractivity contribution in [2.75, 3.05) is 0 Å².